The average molecular weight is 189 g/mol. The first kappa shape index (κ1) is 8.90. The van der Waals surface area contributed by atoms with Crippen molar-refractivity contribution < 1.29 is 5.11 Å². The van der Waals surface area contributed by atoms with E-state index in [1.165, 1.54) is 0 Å². The number of aryl methyl sites for hydroxylation is 1. The lowest BCUT2D eigenvalue weighted by atomic mass is 10.3. The Bertz CT molecular complexity index is 436. The molecule has 1 N–H and O–H groups in total. The van der Waals surface area contributed by atoms with Crippen molar-refractivity contribution in [3.05, 3.63) is 42.2 Å². The Labute approximate surface area is 81.9 Å². The highest BCUT2D eigenvalue weighted by molar-refractivity contribution is 5.33. The van der Waals surface area contributed by atoms with Gasteiger partial charge < -0.3 is 9.67 Å². The lowest BCUT2D eigenvalue weighted by Crippen LogP contribution is -1.98. The van der Waals surface area contributed by atoms with Crippen LogP contribution in [-0.4, -0.2) is 19.6 Å². The minimum Gasteiger partial charge on any atom is -0.390 e. The van der Waals surface area contributed by atoms with Gasteiger partial charge in [0.1, 0.15) is 5.82 Å². The largest absolute Gasteiger partial charge is 0.390 e. The molecule has 0 atom stereocenters. The second kappa shape index (κ2) is 3.59. The molecule has 0 bridgehead atoms. The van der Waals surface area contributed by atoms with E-state index in [2.05, 4.69) is 9.97 Å². The Morgan fingerprint density at radius 1 is 1.36 bits per heavy atom. The maximum atomic E-state index is 8.94. The third-order valence-electron chi connectivity index (χ3n) is 2.07. The molecular weight excluding hydrogens is 178 g/mol. The van der Waals surface area contributed by atoms with Gasteiger partial charge in [0.15, 0.2) is 0 Å². The van der Waals surface area contributed by atoms with E-state index in [1.54, 1.807) is 12.4 Å². The lowest BCUT2D eigenvalue weighted by molar-refractivity contribution is 0.277. The number of hydrogen-bond acceptors (Lipinski definition) is 3. The molecule has 0 saturated carbocycles. The summed E-state index contributed by atoms with van der Waals surface area (Å²) in [6, 6.07) is 3.72. The molecule has 2 aromatic rings. The summed E-state index contributed by atoms with van der Waals surface area (Å²) in [7, 11) is 0. The molecular formula is C10H11N3O. The first-order valence-corrected chi connectivity index (χ1v) is 4.37. The van der Waals surface area contributed by atoms with Crippen LogP contribution >= 0.6 is 0 Å². The van der Waals surface area contributed by atoms with Gasteiger partial charge in [-0.25, -0.2) is 4.98 Å². The number of pyridine rings is 1. The fraction of sp³-hybridized carbons (Fsp3) is 0.200. The van der Waals surface area contributed by atoms with E-state index < -0.39 is 0 Å². The minimum absolute atomic E-state index is 0.0401. The first-order chi connectivity index (χ1) is 6.81. The summed E-state index contributed by atoms with van der Waals surface area (Å²) in [6.07, 6.45) is 5.31. The van der Waals surface area contributed by atoms with E-state index in [-0.39, 0.29) is 6.61 Å². The Hall–Kier alpha value is -1.68. The number of rotatable bonds is 2. The van der Waals surface area contributed by atoms with Gasteiger partial charge in [-0.05, 0) is 19.1 Å². The number of imidazole rings is 1. The summed E-state index contributed by atoms with van der Waals surface area (Å²) < 4.78 is 1.95. The first-order valence-electron chi connectivity index (χ1n) is 4.37. The van der Waals surface area contributed by atoms with Crippen molar-refractivity contribution >= 4 is 0 Å². The maximum Gasteiger partial charge on any atom is 0.110 e. The molecule has 0 aliphatic rings. The molecule has 0 aliphatic carbocycles. The Morgan fingerprint density at radius 3 is 2.86 bits per heavy atom. The van der Waals surface area contributed by atoms with Crippen molar-refractivity contribution in [1.29, 1.82) is 0 Å². The fourth-order valence-electron chi connectivity index (χ4n) is 1.35. The van der Waals surface area contributed by atoms with Gasteiger partial charge in [0.2, 0.25) is 0 Å². The van der Waals surface area contributed by atoms with Crippen LogP contribution in [0.4, 0.5) is 0 Å². The number of hydrogen-bond donors (Lipinski definition) is 1. The summed E-state index contributed by atoms with van der Waals surface area (Å²) in [5.74, 6) is 0.917. The molecule has 0 radical (unpaired) electrons. The molecule has 2 rings (SSSR count). The summed E-state index contributed by atoms with van der Waals surface area (Å²) >= 11 is 0. The van der Waals surface area contributed by atoms with Crippen LogP contribution in [0.1, 0.15) is 11.5 Å². The standard InChI is InChI=1S/C10H11N3O/c1-8-11-4-5-13(8)10-2-3-12-9(6-10)7-14/h2-6,14H,7H2,1H3. The molecule has 0 aromatic carbocycles. The summed E-state index contributed by atoms with van der Waals surface area (Å²) in [6.45, 7) is 1.89. The highest BCUT2D eigenvalue weighted by Crippen LogP contribution is 2.10. The molecule has 72 valence electrons. The SMILES string of the molecule is Cc1nccn1-c1ccnc(CO)c1. The number of aliphatic hydroxyl groups is 1. The van der Waals surface area contributed by atoms with Crippen LogP contribution in [0.25, 0.3) is 5.69 Å². The Morgan fingerprint density at radius 2 is 2.21 bits per heavy atom. The lowest BCUT2D eigenvalue weighted by Gasteiger charge is -2.05. The molecule has 0 aliphatic heterocycles. The minimum atomic E-state index is -0.0401. The van der Waals surface area contributed by atoms with Crippen LogP contribution in [0.2, 0.25) is 0 Å². The maximum absolute atomic E-state index is 8.94. The van der Waals surface area contributed by atoms with Gasteiger partial charge in [0.05, 0.1) is 18.0 Å². The molecule has 4 nitrogen and oxygen atoms in total. The van der Waals surface area contributed by atoms with Gasteiger partial charge in [0.25, 0.3) is 0 Å². The summed E-state index contributed by atoms with van der Waals surface area (Å²) in [5, 5.41) is 8.94. The van der Waals surface area contributed by atoms with Crippen LogP contribution in [-0.2, 0) is 6.61 Å². The topological polar surface area (TPSA) is 50.9 Å². The molecule has 0 amide bonds. The van der Waals surface area contributed by atoms with Gasteiger partial charge in [0, 0.05) is 18.6 Å². The number of aliphatic hydroxyl groups excluding tert-OH is 1. The van der Waals surface area contributed by atoms with Crippen LogP contribution < -0.4 is 0 Å². The van der Waals surface area contributed by atoms with Crippen molar-refractivity contribution in [2.45, 2.75) is 13.5 Å². The zero-order valence-electron chi connectivity index (χ0n) is 7.88. The highest BCUT2D eigenvalue weighted by atomic mass is 16.3. The van der Waals surface area contributed by atoms with Gasteiger partial charge in [-0.1, -0.05) is 0 Å². The van der Waals surface area contributed by atoms with E-state index in [9.17, 15) is 0 Å². The summed E-state index contributed by atoms with van der Waals surface area (Å²) in [5.41, 5.74) is 1.63. The van der Waals surface area contributed by atoms with Crippen LogP contribution in [0.3, 0.4) is 0 Å². The summed E-state index contributed by atoms with van der Waals surface area (Å²) in [4.78, 5) is 8.14. The monoisotopic (exact) mass is 189 g/mol. The molecule has 0 saturated heterocycles. The molecule has 0 unspecified atom stereocenters. The zero-order valence-corrected chi connectivity index (χ0v) is 7.88. The van der Waals surface area contributed by atoms with Crippen molar-refractivity contribution in [2.24, 2.45) is 0 Å². The molecule has 14 heavy (non-hydrogen) atoms. The van der Waals surface area contributed by atoms with Crippen molar-refractivity contribution in [1.82, 2.24) is 14.5 Å². The Kier molecular flexibility index (Phi) is 2.28. The van der Waals surface area contributed by atoms with Gasteiger partial charge >= 0.3 is 0 Å². The fourth-order valence-corrected chi connectivity index (χ4v) is 1.35. The van der Waals surface area contributed by atoms with E-state index in [4.69, 9.17) is 5.11 Å². The molecule has 0 spiro atoms. The van der Waals surface area contributed by atoms with Crippen LogP contribution in [0.5, 0.6) is 0 Å². The number of nitrogens with zero attached hydrogens (tertiary/aromatic N) is 3. The van der Waals surface area contributed by atoms with E-state index in [1.807, 2.05) is 29.8 Å². The second-order valence-electron chi connectivity index (χ2n) is 3.01. The average Bonchev–Trinajstić information content (AvgIpc) is 2.65. The van der Waals surface area contributed by atoms with Gasteiger partial charge in [-0.15, -0.1) is 0 Å². The third-order valence-corrected chi connectivity index (χ3v) is 2.07. The van der Waals surface area contributed by atoms with Crippen molar-refractivity contribution in [3.8, 4) is 5.69 Å². The normalized spacial score (nSPS) is 10.4. The smallest absolute Gasteiger partial charge is 0.110 e. The van der Waals surface area contributed by atoms with Gasteiger partial charge in [-0.2, -0.15) is 0 Å². The Balaban J connectivity index is 2.47. The van der Waals surface area contributed by atoms with Crippen molar-refractivity contribution in [2.75, 3.05) is 0 Å². The molecule has 4 heteroatoms. The quantitative estimate of drug-likeness (QED) is 0.768. The van der Waals surface area contributed by atoms with E-state index in [0.29, 0.717) is 5.69 Å². The number of aromatic nitrogens is 3. The third kappa shape index (κ3) is 1.52. The molecule has 0 fully saturated rings. The van der Waals surface area contributed by atoms with Crippen LogP contribution in [0.15, 0.2) is 30.7 Å². The van der Waals surface area contributed by atoms with E-state index >= 15 is 0 Å². The van der Waals surface area contributed by atoms with Gasteiger partial charge in [-0.3, -0.25) is 4.98 Å². The van der Waals surface area contributed by atoms with Crippen molar-refractivity contribution in [3.63, 3.8) is 0 Å². The second-order valence-corrected chi connectivity index (χ2v) is 3.01. The predicted octanol–water partition coefficient (Wildman–Crippen LogP) is 1.07. The van der Waals surface area contributed by atoms with Crippen LogP contribution in [0, 0.1) is 6.92 Å². The highest BCUT2D eigenvalue weighted by Gasteiger charge is 2.01. The predicted molar refractivity (Wildman–Crippen MR) is 52.0 cm³/mol. The van der Waals surface area contributed by atoms with E-state index in [0.717, 1.165) is 11.5 Å². The zero-order chi connectivity index (χ0) is 9.97. The molecule has 2 heterocycles. The molecule has 2 aromatic heterocycles.